The van der Waals surface area contributed by atoms with Crippen molar-refractivity contribution in [3.8, 4) is 11.3 Å². The van der Waals surface area contributed by atoms with Crippen LogP contribution in [0, 0.1) is 17.5 Å². The van der Waals surface area contributed by atoms with Crippen molar-refractivity contribution in [2.45, 2.75) is 79.3 Å². The zero-order valence-electron chi connectivity index (χ0n) is 21.4. The van der Waals surface area contributed by atoms with Crippen molar-refractivity contribution in [2.75, 3.05) is 13.7 Å². The molecule has 1 aromatic carbocycles. The Kier molecular flexibility index (Phi) is 8.78. The summed E-state index contributed by atoms with van der Waals surface area (Å²) in [6.45, 7) is 0.495. The lowest BCUT2D eigenvalue weighted by Crippen LogP contribution is -2.59. The van der Waals surface area contributed by atoms with Crippen LogP contribution in [-0.4, -0.2) is 101 Å². The number of aromatic nitrogens is 3. The average molecular weight is 597 g/mol. The predicted octanol–water partition coefficient (Wildman–Crippen LogP) is 1.82. The third-order valence-corrected chi connectivity index (χ3v) is 9.03. The van der Waals surface area contributed by atoms with E-state index in [1.165, 1.54) is 14.0 Å². The van der Waals surface area contributed by atoms with Gasteiger partial charge in [0.15, 0.2) is 17.5 Å². The number of amides is 1. The van der Waals surface area contributed by atoms with Crippen molar-refractivity contribution in [3.63, 3.8) is 0 Å². The van der Waals surface area contributed by atoms with Gasteiger partial charge in [0.25, 0.3) is 0 Å². The summed E-state index contributed by atoms with van der Waals surface area (Å²) in [4.78, 5) is 13.4. The lowest BCUT2D eigenvalue weighted by atomic mass is 9.82. The molecule has 40 heavy (non-hydrogen) atoms. The second kappa shape index (κ2) is 11.5. The molecule has 4 N–H and O–H groups in total. The fourth-order valence-corrected chi connectivity index (χ4v) is 6.52. The maximum Gasteiger partial charge on any atom is 0.248 e. The highest BCUT2D eigenvalue weighted by Crippen LogP contribution is 2.47. The van der Waals surface area contributed by atoms with Crippen molar-refractivity contribution < 1.29 is 51.9 Å². The molecule has 4 rings (SSSR count). The summed E-state index contributed by atoms with van der Waals surface area (Å²) in [6.07, 6.45) is -5.28. The molecule has 1 saturated heterocycles. The van der Waals surface area contributed by atoms with Crippen LogP contribution in [0.2, 0.25) is 0 Å². The van der Waals surface area contributed by atoms with Crippen LogP contribution in [0.4, 0.5) is 22.0 Å². The van der Waals surface area contributed by atoms with Gasteiger partial charge in [0.05, 0.1) is 18.4 Å². The lowest BCUT2D eigenvalue weighted by Gasteiger charge is -2.48. The summed E-state index contributed by atoms with van der Waals surface area (Å²) >= 11 is 0.757. The molecule has 6 atom stereocenters. The maximum absolute atomic E-state index is 13.9. The number of aliphatic hydroxyl groups is 4. The van der Waals surface area contributed by atoms with Gasteiger partial charge in [-0.15, -0.1) is 5.10 Å². The number of rotatable bonds is 7. The third kappa shape index (κ3) is 5.97. The number of thioether (sulfide) groups is 1. The monoisotopic (exact) mass is 596 g/mol. The highest BCUT2D eigenvalue weighted by atomic mass is 32.2. The number of carbonyl (C=O) groups is 1. The minimum atomic E-state index is -2.98. The zero-order valence-corrected chi connectivity index (χ0v) is 22.2. The molecule has 2 aromatic rings. The van der Waals surface area contributed by atoms with Crippen LogP contribution in [0.15, 0.2) is 18.3 Å². The van der Waals surface area contributed by atoms with Gasteiger partial charge < -0.3 is 30.1 Å². The highest BCUT2D eigenvalue weighted by Gasteiger charge is 2.53. The summed E-state index contributed by atoms with van der Waals surface area (Å²) < 4.78 is 75.3. The first-order valence-corrected chi connectivity index (χ1v) is 13.3. The van der Waals surface area contributed by atoms with Crippen molar-refractivity contribution in [1.82, 2.24) is 19.9 Å². The van der Waals surface area contributed by atoms with Gasteiger partial charge in [0.1, 0.15) is 40.9 Å². The molecule has 10 nitrogen and oxygen atoms in total. The van der Waals surface area contributed by atoms with Gasteiger partial charge in [-0.3, -0.25) is 4.79 Å². The van der Waals surface area contributed by atoms with E-state index in [1.807, 2.05) is 0 Å². The number of ether oxygens (including phenoxy) is 1. The van der Waals surface area contributed by atoms with Gasteiger partial charge in [0.2, 0.25) is 11.8 Å². The van der Waals surface area contributed by atoms with Gasteiger partial charge in [0, 0.05) is 32.4 Å². The number of likely N-dealkylation sites (N-methyl/N-ethyl adjacent to an activating group) is 1. The Labute approximate surface area is 229 Å². The fraction of sp³-hybridized carbons (Fsp3) is 0.625. The first kappa shape index (κ1) is 30.6. The molecule has 0 radical (unpaired) electrons. The molecule has 1 aliphatic carbocycles. The molecule has 0 unspecified atom stereocenters. The Bertz CT molecular complexity index is 1210. The van der Waals surface area contributed by atoms with E-state index in [2.05, 4.69) is 10.3 Å². The normalized spacial score (nSPS) is 28.7. The quantitative estimate of drug-likeness (QED) is 0.214. The van der Waals surface area contributed by atoms with E-state index in [-0.39, 0.29) is 24.1 Å². The van der Waals surface area contributed by atoms with Gasteiger partial charge in [-0.25, -0.2) is 26.6 Å². The molecule has 2 heterocycles. The number of benzene rings is 1. The molecule has 1 aliphatic heterocycles. The van der Waals surface area contributed by atoms with Crippen molar-refractivity contribution in [1.29, 1.82) is 0 Å². The van der Waals surface area contributed by atoms with Crippen LogP contribution in [0.5, 0.6) is 0 Å². The molecule has 2 fully saturated rings. The molecule has 0 spiro atoms. The summed E-state index contributed by atoms with van der Waals surface area (Å²) in [7, 11) is 1.36. The Morgan fingerprint density at radius 3 is 2.33 bits per heavy atom. The van der Waals surface area contributed by atoms with Crippen LogP contribution in [0.3, 0.4) is 0 Å². The van der Waals surface area contributed by atoms with Crippen molar-refractivity contribution in [2.24, 2.45) is 0 Å². The number of nitrogens with zero attached hydrogens (tertiary/aromatic N) is 4. The van der Waals surface area contributed by atoms with Crippen LogP contribution < -0.4 is 0 Å². The van der Waals surface area contributed by atoms with E-state index in [4.69, 9.17) is 4.74 Å². The zero-order chi connectivity index (χ0) is 29.6. The Hall–Kier alpha value is -2.37. The van der Waals surface area contributed by atoms with Gasteiger partial charge in [-0.05, 0) is 25.0 Å². The summed E-state index contributed by atoms with van der Waals surface area (Å²) in [6, 6.07) is 0.0264. The lowest BCUT2D eigenvalue weighted by molar-refractivity contribution is -0.179. The van der Waals surface area contributed by atoms with Gasteiger partial charge in [-0.2, -0.15) is 0 Å². The standard InChI is InChI=1S/C24H29F5N4O6S/c1-11(35)32(2)22(23(38)3-5-24(28,29)6-4-23)40-21-20(37)18(19(36)16(10-34)39-21)33-9-15(30-31-33)12-7-13(25)17(27)14(26)8-12/h7-9,16,18-22,34,36-38H,3-6,10H2,1-2H3/t16-,18+,19+,20-,21+,22+/m1/s1. The third-order valence-electron chi connectivity index (χ3n) is 7.36. The molecule has 2 aliphatic rings. The van der Waals surface area contributed by atoms with Crippen LogP contribution in [0.25, 0.3) is 11.3 Å². The Morgan fingerprint density at radius 2 is 1.77 bits per heavy atom. The number of alkyl halides is 2. The summed E-state index contributed by atoms with van der Waals surface area (Å²) in [5.41, 5.74) is -3.40. The molecular formula is C24H29F5N4O6S. The predicted molar refractivity (Wildman–Crippen MR) is 130 cm³/mol. The molecule has 1 saturated carbocycles. The molecule has 222 valence electrons. The van der Waals surface area contributed by atoms with E-state index in [1.54, 1.807) is 0 Å². The Morgan fingerprint density at radius 1 is 1.18 bits per heavy atom. The maximum atomic E-state index is 13.9. The summed E-state index contributed by atoms with van der Waals surface area (Å²) in [5.74, 6) is -8.08. The van der Waals surface area contributed by atoms with Crippen molar-refractivity contribution in [3.05, 3.63) is 35.8 Å². The molecule has 1 amide bonds. The van der Waals surface area contributed by atoms with E-state index >= 15 is 0 Å². The van der Waals surface area contributed by atoms with Crippen LogP contribution in [-0.2, 0) is 9.53 Å². The SMILES string of the molecule is CC(=O)N(C)[C@@H](S[C@@H]1O[C@H](CO)[C@H](O)[C@H](n2cc(-c3cc(F)c(F)c(F)c3)nn2)[C@H]1O)C1(O)CCC(F)(F)CC1. The topological polar surface area (TPSA) is 141 Å². The fourth-order valence-electron chi connectivity index (χ4n) is 4.92. The first-order valence-electron chi connectivity index (χ1n) is 12.4. The highest BCUT2D eigenvalue weighted by molar-refractivity contribution is 8.00. The number of hydrogen-bond donors (Lipinski definition) is 4. The van der Waals surface area contributed by atoms with E-state index in [9.17, 15) is 47.2 Å². The van der Waals surface area contributed by atoms with Crippen molar-refractivity contribution >= 4 is 17.7 Å². The molecular weight excluding hydrogens is 567 g/mol. The van der Waals surface area contributed by atoms with Crippen LogP contribution >= 0.6 is 11.8 Å². The molecule has 0 bridgehead atoms. The summed E-state index contributed by atoms with van der Waals surface area (Å²) in [5, 5.41) is 49.8. The second-order valence-electron chi connectivity index (χ2n) is 10.1. The average Bonchev–Trinajstić information content (AvgIpc) is 3.38. The number of carbonyl (C=O) groups excluding carboxylic acids is 1. The Balaban J connectivity index is 1.64. The van der Waals surface area contributed by atoms with Gasteiger partial charge >= 0.3 is 0 Å². The minimum absolute atomic E-state index is 0.125. The number of hydrogen-bond acceptors (Lipinski definition) is 9. The number of aliphatic hydroxyl groups excluding tert-OH is 3. The van der Waals surface area contributed by atoms with Gasteiger partial charge in [-0.1, -0.05) is 17.0 Å². The minimum Gasteiger partial charge on any atom is -0.394 e. The largest absolute Gasteiger partial charge is 0.394 e. The number of halogens is 5. The van der Waals surface area contributed by atoms with E-state index in [0.717, 1.165) is 27.5 Å². The molecule has 16 heteroatoms. The second-order valence-corrected chi connectivity index (χ2v) is 11.3. The first-order chi connectivity index (χ1) is 18.7. The van der Waals surface area contributed by atoms with E-state index < -0.39 is 89.5 Å². The smallest absolute Gasteiger partial charge is 0.248 e. The van der Waals surface area contributed by atoms with E-state index in [0.29, 0.717) is 12.1 Å². The molecule has 1 aromatic heterocycles. The van der Waals surface area contributed by atoms with Crippen LogP contribution in [0.1, 0.15) is 38.6 Å².